The highest BCUT2D eigenvalue weighted by Crippen LogP contribution is 2.31. The summed E-state index contributed by atoms with van der Waals surface area (Å²) in [5, 5.41) is 2.68. The standard InChI is InChI=1S/C20H26Cl3NO6S/c1-3-31-18-17(24-19(26)28-12-20(21,22)23)16(29-13(2)25)9-15(30-18)11-27-10-14-7-5-4-6-8-14/h4-8,15-18H,3,9-12H2,1-2H3,(H,24,26)/t15-,16-,17+,18-/m0/s1. The molecule has 1 aliphatic heterocycles. The van der Waals surface area contributed by atoms with Gasteiger partial charge in [-0.1, -0.05) is 72.1 Å². The number of esters is 1. The van der Waals surface area contributed by atoms with Gasteiger partial charge in [-0.05, 0) is 11.3 Å². The molecule has 1 N–H and O–H groups in total. The molecule has 1 aliphatic rings. The fraction of sp³-hybridized carbons (Fsp3) is 0.600. The predicted octanol–water partition coefficient (Wildman–Crippen LogP) is 4.47. The van der Waals surface area contributed by atoms with E-state index in [1.807, 2.05) is 37.3 Å². The van der Waals surface area contributed by atoms with Crippen LogP contribution in [0.3, 0.4) is 0 Å². The lowest BCUT2D eigenvalue weighted by atomic mass is 10.0. The number of ether oxygens (including phenoxy) is 4. The van der Waals surface area contributed by atoms with Gasteiger partial charge in [0.2, 0.25) is 3.79 Å². The van der Waals surface area contributed by atoms with Gasteiger partial charge in [0.15, 0.2) is 0 Å². The number of hydrogen-bond acceptors (Lipinski definition) is 7. The lowest BCUT2D eigenvalue weighted by Gasteiger charge is -2.41. The summed E-state index contributed by atoms with van der Waals surface area (Å²) in [4.78, 5) is 23.9. The molecule has 1 saturated heterocycles. The summed E-state index contributed by atoms with van der Waals surface area (Å²) in [7, 11) is 0. The van der Waals surface area contributed by atoms with E-state index < -0.39 is 40.0 Å². The van der Waals surface area contributed by atoms with Crippen LogP contribution in [0.4, 0.5) is 4.79 Å². The number of rotatable bonds is 9. The van der Waals surface area contributed by atoms with Gasteiger partial charge >= 0.3 is 12.1 Å². The second-order valence-corrected chi connectivity index (χ2v) is 10.7. The van der Waals surface area contributed by atoms with Crippen molar-refractivity contribution in [2.75, 3.05) is 19.0 Å². The Morgan fingerprint density at radius 3 is 2.58 bits per heavy atom. The van der Waals surface area contributed by atoms with E-state index in [0.717, 1.165) is 11.3 Å². The monoisotopic (exact) mass is 513 g/mol. The summed E-state index contributed by atoms with van der Waals surface area (Å²) in [6.45, 7) is 3.61. The van der Waals surface area contributed by atoms with E-state index in [4.69, 9.17) is 53.8 Å². The number of thioether (sulfide) groups is 1. The molecule has 0 bridgehead atoms. The first-order chi connectivity index (χ1) is 14.7. The molecule has 2 rings (SSSR count). The molecule has 0 spiro atoms. The SMILES string of the molecule is CCS[C@@H]1O[C@H](COCc2ccccc2)C[C@H](OC(C)=O)[C@H]1NC(=O)OCC(Cl)(Cl)Cl. The van der Waals surface area contributed by atoms with Crippen LogP contribution >= 0.6 is 46.6 Å². The van der Waals surface area contributed by atoms with Crippen molar-refractivity contribution in [2.45, 2.75) is 54.4 Å². The number of carbonyl (C=O) groups is 2. The number of alkyl halides is 3. The molecule has 1 heterocycles. The summed E-state index contributed by atoms with van der Waals surface area (Å²) < 4.78 is 20.6. The van der Waals surface area contributed by atoms with Crippen LogP contribution in [0.5, 0.6) is 0 Å². The van der Waals surface area contributed by atoms with Gasteiger partial charge in [-0.15, -0.1) is 11.8 Å². The lowest BCUT2D eigenvalue weighted by molar-refractivity contribution is -0.162. The predicted molar refractivity (Wildman–Crippen MR) is 122 cm³/mol. The van der Waals surface area contributed by atoms with Gasteiger partial charge in [0.25, 0.3) is 0 Å². The van der Waals surface area contributed by atoms with Crippen molar-refractivity contribution in [3.63, 3.8) is 0 Å². The number of nitrogens with one attached hydrogen (secondary N) is 1. The minimum absolute atomic E-state index is 0.313. The molecule has 7 nitrogen and oxygen atoms in total. The quantitative estimate of drug-likeness (QED) is 0.384. The third-order valence-electron chi connectivity index (χ3n) is 4.23. The topological polar surface area (TPSA) is 83.1 Å². The zero-order valence-electron chi connectivity index (χ0n) is 17.2. The van der Waals surface area contributed by atoms with E-state index in [1.165, 1.54) is 18.7 Å². The van der Waals surface area contributed by atoms with Crippen LogP contribution in [0, 0.1) is 0 Å². The van der Waals surface area contributed by atoms with E-state index in [9.17, 15) is 9.59 Å². The number of hydrogen-bond donors (Lipinski definition) is 1. The summed E-state index contributed by atoms with van der Waals surface area (Å²) in [5.41, 5.74) is 0.569. The first kappa shape index (κ1) is 26.4. The average molecular weight is 515 g/mol. The summed E-state index contributed by atoms with van der Waals surface area (Å²) in [6.07, 6.45) is -1.38. The molecule has 1 aromatic rings. The van der Waals surface area contributed by atoms with Crippen LogP contribution in [0.15, 0.2) is 30.3 Å². The molecule has 0 aromatic heterocycles. The molecule has 1 amide bonds. The van der Waals surface area contributed by atoms with Gasteiger partial charge in [0.05, 0.1) is 19.3 Å². The summed E-state index contributed by atoms with van der Waals surface area (Å²) in [6, 6.07) is 9.14. The first-order valence-corrected chi connectivity index (χ1v) is 11.9. The van der Waals surface area contributed by atoms with Crippen molar-refractivity contribution < 1.29 is 28.5 Å². The van der Waals surface area contributed by atoms with Gasteiger partial charge in [-0.3, -0.25) is 4.79 Å². The van der Waals surface area contributed by atoms with E-state index >= 15 is 0 Å². The highest BCUT2D eigenvalue weighted by molar-refractivity contribution is 7.99. The minimum Gasteiger partial charge on any atom is -0.460 e. The van der Waals surface area contributed by atoms with E-state index in [-0.39, 0.29) is 6.10 Å². The van der Waals surface area contributed by atoms with Crippen molar-refractivity contribution >= 4 is 58.6 Å². The Morgan fingerprint density at radius 2 is 1.97 bits per heavy atom. The first-order valence-electron chi connectivity index (χ1n) is 9.74. The highest BCUT2D eigenvalue weighted by Gasteiger charge is 2.42. The molecule has 0 unspecified atom stereocenters. The Morgan fingerprint density at radius 1 is 1.26 bits per heavy atom. The van der Waals surface area contributed by atoms with Crippen molar-refractivity contribution in [3.8, 4) is 0 Å². The van der Waals surface area contributed by atoms with Crippen LogP contribution in [-0.4, -0.2) is 58.5 Å². The molecular formula is C20H26Cl3NO6S. The Bertz CT molecular complexity index is 706. The maximum atomic E-state index is 12.2. The van der Waals surface area contributed by atoms with Crippen LogP contribution in [-0.2, 0) is 30.3 Å². The molecule has 1 fully saturated rings. The average Bonchev–Trinajstić information content (AvgIpc) is 2.69. The largest absolute Gasteiger partial charge is 0.460 e. The smallest absolute Gasteiger partial charge is 0.407 e. The lowest BCUT2D eigenvalue weighted by Crippen LogP contribution is -2.58. The van der Waals surface area contributed by atoms with Gasteiger partial charge in [-0.2, -0.15) is 0 Å². The Hall–Kier alpha value is -0.900. The third-order valence-corrected chi connectivity index (χ3v) is 5.62. The van der Waals surface area contributed by atoms with Gasteiger partial charge in [0, 0.05) is 13.3 Å². The van der Waals surface area contributed by atoms with E-state index in [1.54, 1.807) is 0 Å². The van der Waals surface area contributed by atoms with Gasteiger partial charge in [0.1, 0.15) is 24.2 Å². The van der Waals surface area contributed by atoms with Crippen LogP contribution in [0.25, 0.3) is 0 Å². The van der Waals surface area contributed by atoms with Crippen LogP contribution in [0.1, 0.15) is 25.8 Å². The molecule has 0 saturated carbocycles. The highest BCUT2D eigenvalue weighted by atomic mass is 35.6. The Balaban J connectivity index is 2.00. The third kappa shape index (κ3) is 10.1. The van der Waals surface area contributed by atoms with Crippen molar-refractivity contribution in [3.05, 3.63) is 35.9 Å². The number of alkyl carbamates (subject to hydrolysis) is 1. The maximum Gasteiger partial charge on any atom is 0.407 e. The van der Waals surface area contributed by atoms with E-state index in [0.29, 0.717) is 19.6 Å². The second kappa shape index (κ2) is 13.0. The molecule has 0 aliphatic carbocycles. The van der Waals surface area contributed by atoms with Gasteiger partial charge in [-0.25, -0.2) is 4.79 Å². The zero-order valence-corrected chi connectivity index (χ0v) is 20.3. The van der Waals surface area contributed by atoms with E-state index in [2.05, 4.69) is 5.32 Å². The fourth-order valence-electron chi connectivity index (χ4n) is 3.03. The molecule has 31 heavy (non-hydrogen) atoms. The molecular weight excluding hydrogens is 489 g/mol. The van der Waals surface area contributed by atoms with Gasteiger partial charge < -0.3 is 24.3 Å². The second-order valence-electron chi connectivity index (χ2n) is 6.83. The molecule has 1 aromatic carbocycles. The number of amides is 1. The normalized spacial score (nSPS) is 23.8. The molecule has 11 heteroatoms. The van der Waals surface area contributed by atoms with Crippen LogP contribution in [0.2, 0.25) is 0 Å². The van der Waals surface area contributed by atoms with Crippen molar-refractivity contribution in [1.82, 2.24) is 5.32 Å². The number of halogens is 3. The Kier molecular flexibility index (Phi) is 11.0. The van der Waals surface area contributed by atoms with Crippen molar-refractivity contribution in [2.24, 2.45) is 0 Å². The van der Waals surface area contributed by atoms with Crippen molar-refractivity contribution in [1.29, 1.82) is 0 Å². The Labute approximate surface area is 201 Å². The minimum atomic E-state index is -1.73. The molecule has 4 atom stereocenters. The number of carbonyl (C=O) groups excluding carboxylic acids is 2. The summed E-state index contributed by atoms with van der Waals surface area (Å²) >= 11 is 18.3. The molecule has 0 radical (unpaired) electrons. The number of benzene rings is 1. The molecule has 174 valence electrons. The zero-order chi connectivity index (χ0) is 22.9. The maximum absolute atomic E-state index is 12.2. The van der Waals surface area contributed by atoms with Crippen LogP contribution < -0.4 is 5.32 Å². The fourth-order valence-corrected chi connectivity index (χ4v) is 4.21. The summed E-state index contributed by atoms with van der Waals surface area (Å²) in [5.74, 6) is 0.258.